The number of fused-ring (bicyclic) bond motifs is 1. The summed E-state index contributed by atoms with van der Waals surface area (Å²) in [6, 6.07) is 8.06. The normalized spacial score (nSPS) is 22.2. The Kier molecular flexibility index (Phi) is 3.78. The summed E-state index contributed by atoms with van der Waals surface area (Å²) in [5, 5.41) is 0. The minimum absolute atomic E-state index is 0.115. The summed E-state index contributed by atoms with van der Waals surface area (Å²) >= 11 is 0. The molecule has 1 N–H and O–H groups in total. The lowest BCUT2D eigenvalue weighted by molar-refractivity contribution is 0.475. The number of hydrogen-bond donors (Lipinski definition) is 1. The minimum atomic E-state index is -3.84. The van der Waals surface area contributed by atoms with Gasteiger partial charge in [-0.1, -0.05) is 31.5 Å². The van der Waals surface area contributed by atoms with Crippen molar-refractivity contribution in [3.8, 4) is 0 Å². The summed E-state index contributed by atoms with van der Waals surface area (Å²) < 4.78 is 30.1. The predicted octanol–water partition coefficient (Wildman–Crippen LogP) is 3.11. The summed E-state index contributed by atoms with van der Waals surface area (Å²) in [5.74, 6) is -0.166. The average Bonchev–Trinajstić information content (AvgIpc) is 2.57. The molecule has 1 aromatic rings. The van der Waals surface area contributed by atoms with E-state index in [2.05, 4.69) is 18.0 Å². The summed E-state index contributed by atoms with van der Waals surface area (Å²) in [7, 11) is -3.84. The third kappa shape index (κ3) is 3.04. The second kappa shape index (κ2) is 5.06. The van der Waals surface area contributed by atoms with E-state index in [0.717, 1.165) is 24.2 Å². The Hall–Kier alpha value is -1.20. The Bertz CT molecular complexity index is 607. The van der Waals surface area contributed by atoms with Crippen LogP contribution in [0.1, 0.15) is 38.7 Å². The molecule has 19 heavy (non-hydrogen) atoms. The van der Waals surface area contributed by atoms with E-state index < -0.39 is 10.1 Å². The molecule has 5 heteroatoms. The van der Waals surface area contributed by atoms with Gasteiger partial charge in [0.05, 0.1) is 11.4 Å². The SMILES string of the molecule is CC1=Nc2ccccc2C1(C)CCCCS(=O)(=O)O. The molecule has 1 aliphatic rings. The van der Waals surface area contributed by atoms with Crippen LogP contribution in [0.15, 0.2) is 29.3 Å². The second-order valence-corrected chi connectivity index (χ2v) is 6.86. The Balaban J connectivity index is 2.06. The molecule has 0 aromatic heterocycles. The van der Waals surface area contributed by atoms with E-state index in [-0.39, 0.29) is 11.2 Å². The minimum Gasteiger partial charge on any atom is -0.286 e. The molecule has 0 amide bonds. The molecule has 1 aromatic carbocycles. The zero-order chi connectivity index (χ0) is 14.1. The number of unbranched alkanes of at least 4 members (excludes halogenated alkanes) is 1. The van der Waals surface area contributed by atoms with E-state index in [9.17, 15) is 8.42 Å². The van der Waals surface area contributed by atoms with E-state index in [1.807, 2.05) is 25.1 Å². The van der Waals surface area contributed by atoms with Crippen molar-refractivity contribution in [3.63, 3.8) is 0 Å². The molecular formula is C14H19NO3S. The highest BCUT2D eigenvalue weighted by atomic mass is 32.2. The Morgan fingerprint density at radius 2 is 1.95 bits per heavy atom. The van der Waals surface area contributed by atoms with Crippen LogP contribution >= 0.6 is 0 Å². The maximum absolute atomic E-state index is 10.7. The quantitative estimate of drug-likeness (QED) is 0.666. The van der Waals surface area contributed by atoms with Gasteiger partial charge in [-0.05, 0) is 31.4 Å². The molecule has 1 aliphatic heterocycles. The van der Waals surface area contributed by atoms with Crippen molar-refractivity contribution in [2.45, 2.75) is 38.5 Å². The smallest absolute Gasteiger partial charge is 0.264 e. The number of benzene rings is 1. The summed E-state index contributed by atoms with van der Waals surface area (Å²) in [5.41, 5.74) is 3.17. The van der Waals surface area contributed by atoms with Gasteiger partial charge in [0.1, 0.15) is 0 Å². The molecule has 1 heterocycles. The molecule has 0 fully saturated rings. The molecule has 1 atom stereocenters. The van der Waals surface area contributed by atoms with Gasteiger partial charge in [-0.2, -0.15) is 8.42 Å². The Morgan fingerprint density at radius 3 is 2.63 bits per heavy atom. The van der Waals surface area contributed by atoms with E-state index in [1.54, 1.807) is 0 Å². The van der Waals surface area contributed by atoms with E-state index in [1.165, 1.54) is 5.56 Å². The molecule has 0 aliphatic carbocycles. The molecule has 1 unspecified atom stereocenters. The lowest BCUT2D eigenvalue weighted by Gasteiger charge is -2.26. The summed E-state index contributed by atoms with van der Waals surface area (Å²) in [6.45, 7) is 4.16. The molecule has 0 spiro atoms. The van der Waals surface area contributed by atoms with Crippen LogP contribution in [0.5, 0.6) is 0 Å². The van der Waals surface area contributed by atoms with Crippen LogP contribution in [0.25, 0.3) is 0 Å². The first-order valence-electron chi connectivity index (χ1n) is 6.43. The van der Waals surface area contributed by atoms with Gasteiger partial charge in [0.2, 0.25) is 0 Å². The standard InChI is InChI=1S/C14H19NO3S/c1-11-14(2,9-5-6-10-19(16,17)18)12-7-3-4-8-13(12)15-11/h3-4,7-8H,5-6,9-10H2,1-2H3,(H,16,17,18). The first kappa shape index (κ1) is 14.2. The van der Waals surface area contributed by atoms with Gasteiger partial charge in [-0.15, -0.1) is 0 Å². The molecule has 0 bridgehead atoms. The zero-order valence-corrected chi connectivity index (χ0v) is 12.1. The number of hydrogen-bond acceptors (Lipinski definition) is 3. The van der Waals surface area contributed by atoms with Gasteiger partial charge in [0, 0.05) is 11.1 Å². The van der Waals surface area contributed by atoms with Crippen molar-refractivity contribution in [1.82, 2.24) is 0 Å². The van der Waals surface area contributed by atoms with Crippen LogP contribution in [0, 0.1) is 0 Å². The van der Waals surface area contributed by atoms with Gasteiger partial charge >= 0.3 is 0 Å². The van der Waals surface area contributed by atoms with E-state index in [0.29, 0.717) is 6.42 Å². The number of para-hydroxylation sites is 1. The number of nitrogens with zero attached hydrogens (tertiary/aromatic N) is 1. The highest BCUT2D eigenvalue weighted by molar-refractivity contribution is 7.85. The molecule has 104 valence electrons. The lowest BCUT2D eigenvalue weighted by atomic mass is 9.76. The van der Waals surface area contributed by atoms with E-state index >= 15 is 0 Å². The fourth-order valence-corrected chi connectivity index (χ4v) is 3.18. The second-order valence-electron chi connectivity index (χ2n) is 5.29. The fourth-order valence-electron chi connectivity index (χ4n) is 2.62. The van der Waals surface area contributed by atoms with Crippen molar-refractivity contribution < 1.29 is 13.0 Å². The van der Waals surface area contributed by atoms with Gasteiger partial charge in [0.15, 0.2) is 0 Å². The van der Waals surface area contributed by atoms with Crippen LogP contribution < -0.4 is 0 Å². The summed E-state index contributed by atoms with van der Waals surface area (Å²) in [4.78, 5) is 4.58. The Morgan fingerprint density at radius 1 is 1.26 bits per heavy atom. The third-order valence-corrected chi connectivity index (χ3v) is 4.72. The maximum Gasteiger partial charge on any atom is 0.264 e. The average molecular weight is 281 g/mol. The van der Waals surface area contributed by atoms with Gasteiger partial charge < -0.3 is 0 Å². The van der Waals surface area contributed by atoms with Crippen LogP contribution in [0.4, 0.5) is 5.69 Å². The third-order valence-electron chi connectivity index (χ3n) is 3.91. The number of rotatable bonds is 5. The molecule has 0 saturated carbocycles. The van der Waals surface area contributed by atoms with Crippen molar-refractivity contribution in [2.24, 2.45) is 4.99 Å². The molecule has 4 nitrogen and oxygen atoms in total. The van der Waals surface area contributed by atoms with Crippen molar-refractivity contribution in [1.29, 1.82) is 0 Å². The monoisotopic (exact) mass is 281 g/mol. The number of aliphatic imine (C=N–C) groups is 1. The van der Waals surface area contributed by atoms with Gasteiger partial charge in [-0.3, -0.25) is 9.55 Å². The van der Waals surface area contributed by atoms with E-state index in [4.69, 9.17) is 4.55 Å². The Labute approximate surface area is 114 Å². The highest BCUT2D eigenvalue weighted by Crippen LogP contribution is 2.42. The first-order valence-corrected chi connectivity index (χ1v) is 8.04. The highest BCUT2D eigenvalue weighted by Gasteiger charge is 2.35. The van der Waals surface area contributed by atoms with Gasteiger partial charge in [0.25, 0.3) is 10.1 Å². The van der Waals surface area contributed by atoms with Crippen molar-refractivity contribution in [3.05, 3.63) is 29.8 Å². The maximum atomic E-state index is 10.7. The molecule has 2 rings (SSSR count). The molecule has 0 radical (unpaired) electrons. The topological polar surface area (TPSA) is 66.7 Å². The van der Waals surface area contributed by atoms with Crippen LogP contribution in [-0.2, 0) is 15.5 Å². The molecular weight excluding hydrogens is 262 g/mol. The zero-order valence-electron chi connectivity index (χ0n) is 11.3. The fraction of sp³-hybridized carbons (Fsp3) is 0.500. The van der Waals surface area contributed by atoms with Crippen molar-refractivity contribution >= 4 is 21.5 Å². The van der Waals surface area contributed by atoms with Crippen LogP contribution in [0.2, 0.25) is 0 Å². The van der Waals surface area contributed by atoms with Crippen molar-refractivity contribution in [2.75, 3.05) is 5.75 Å². The predicted molar refractivity (Wildman–Crippen MR) is 76.8 cm³/mol. The lowest BCUT2D eigenvalue weighted by Crippen LogP contribution is -2.27. The largest absolute Gasteiger partial charge is 0.286 e. The van der Waals surface area contributed by atoms with Crippen LogP contribution in [-0.4, -0.2) is 24.4 Å². The molecule has 0 saturated heterocycles. The first-order chi connectivity index (χ1) is 8.83. The summed E-state index contributed by atoms with van der Waals surface area (Å²) in [6.07, 6.45) is 2.07. The van der Waals surface area contributed by atoms with Crippen LogP contribution in [0.3, 0.4) is 0 Å². The van der Waals surface area contributed by atoms with Gasteiger partial charge in [-0.25, -0.2) is 0 Å².